The number of piperazine rings is 1. The van der Waals surface area contributed by atoms with Crippen molar-refractivity contribution in [2.75, 3.05) is 37.6 Å². The molecular weight excluding hydrogens is 253 g/mol. The molecule has 0 bridgehead atoms. The van der Waals surface area contributed by atoms with Gasteiger partial charge in [0.25, 0.3) is 0 Å². The van der Waals surface area contributed by atoms with Gasteiger partial charge in [-0.25, -0.2) is 4.39 Å². The summed E-state index contributed by atoms with van der Waals surface area (Å²) in [4.78, 5) is 4.83. The molecule has 2 unspecified atom stereocenters. The lowest BCUT2D eigenvalue weighted by Gasteiger charge is -2.41. The summed E-state index contributed by atoms with van der Waals surface area (Å²) < 4.78 is 13.0. The summed E-state index contributed by atoms with van der Waals surface area (Å²) in [5.74, 6) is 0.463. The van der Waals surface area contributed by atoms with Crippen LogP contribution in [0.5, 0.6) is 0 Å². The second-order valence-corrected chi connectivity index (χ2v) is 5.69. The fourth-order valence-electron chi connectivity index (χ4n) is 2.98. The van der Waals surface area contributed by atoms with Crippen LogP contribution in [0.1, 0.15) is 20.3 Å². The van der Waals surface area contributed by atoms with Crippen LogP contribution in [0.15, 0.2) is 24.3 Å². The summed E-state index contributed by atoms with van der Waals surface area (Å²) in [6, 6.07) is 7.27. The largest absolute Gasteiger partial charge is 0.369 e. The Balaban J connectivity index is 1.93. The molecule has 0 saturated carbocycles. The van der Waals surface area contributed by atoms with Gasteiger partial charge >= 0.3 is 0 Å². The van der Waals surface area contributed by atoms with Gasteiger partial charge in [0.1, 0.15) is 5.82 Å². The second-order valence-electron chi connectivity index (χ2n) is 5.69. The molecule has 20 heavy (non-hydrogen) atoms. The van der Waals surface area contributed by atoms with Gasteiger partial charge in [0, 0.05) is 44.5 Å². The third-order valence-electron chi connectivity index (χ3n) is 4.52. The molecule has 4 heteroatoms. The average Bonchev–Trinajstić information content (AvgIpc) is 2.49. The molecule has 1 heterocycles. The molecule has 3 nitrogen and oxygen atoms in total. The summed E-state index contributed by atoms with van der Waals surface area (Å²) >= 11 is 0. The van der Waals surface area contributed by atoms with E-state index in [0.717, 1.165) is 38.4 Å². The van der Waals surface area contributed by atoms with Gasteiger partial charge in [-0.2, -0.15) is 0 Å². The SMILES string of the molecule is CCC(C)C(CN)N1CCN(c2ccc(F)cc2)CC1. The van der Waals surface area contributed by atoms with E-state index in [0.29, 0.717) is 12.0 Å². The van der Waals surface area contributed by atoms with Gasteiger partial charge in [-0.1, -0.05) is 20.3 Å². The first-order valence-electron chi connectivity index (χ1n) is 7.60. The van der Waals surface area contributed by atoms with Gasteiger partial charge in [0.2, 0.25) is 0 Å². The Kier molecular flexibility index (Phi) is 5.38. The van der Waals surface area contributed by atoms with Crippen molar-refractivity contribution in [3.8, 4) is 0 Å². The van der Waals surface area contributed by atoms with E-state index in [-0.39, 0.29) is 5.82 Å². The Labute approximate surface area is 121 Å². The summed E-state index contributed by atoms with van der Waals surface area (Å²) in [5, 5.41) is 0. The highest BCUT2D eigenvalue weighted by Crippen LogP contribution is 2.20. The molecular formula is C16H26FN3. The topological polar surface area (TPSA) is 32.5 Å². The van der Waals surface area contributed by atoms with E-state index in [1.54, 1.807) is 0 Å². The maximum Gasteiger partial charge on any atom is 0.123 e. The van der Waals surface area contributed by atoms with Crippen molar-refractivity contribution in [3.63, 3.8) is 0 Å². The van der Waals surface area contributed by atoms with Crippen LogP contribution >= 0.6 is 0 Å². The smallest absolute Gasteiger partial charge is 0.123 e. The molecule has 1 aliphatic heterocycles. The van der Waals surface area contributed by atoms with Crippen LogP contribution in [-0.2, 0) is 0 Å². The predicted molar refractivity (Wildman–Crippen MR) is 82.5 cm³/mol. The van der Waals surface area contributed by atoms with Crippen LogP contribution in [0.25, 0.3) is 0 Å². The lowest BCUT2D eigenvalue weighted by molar-refractivity contribution is 0.142. The van der Waals surface area contributed by atoms with Gasteiger partial charge in [-0.05, 0) is 30.2 Å². The molecule has 2 rings (SSSR count). The number of halogens is 1. The number of nitrogens with two attached hydrogens (primary N) is 1. The molecule has 0 aromatic heterocycles. The minimum absolute atomic E-state index is 0.174. The van der Waals surface area contributed by atoms with E-state index in [4.69, 9.17) is 5.73 Å². The first-order chi connectivity index (χ1) is 9.65. The number of hydrogen-bond donors (Lipinski definition) is 1. The van der Waals surface area contributed by atoms with E-state index in [1.165, 1.54) is 18.6 Å². The van der Waals surface area contributed by atoms with Crippen molar-refractivity contribution in [2.45, 2.75) is 26.3 Å². The Morgan fingerprint density at radius 2 is 1.75 bits per heavy atom. The quantitative estimate of drug-likeness (QED) is 0.898. The maximum absolute atomic E-state index is 13.0. The van der Waals surface area contributed by atoms with Crippen LogP contribution in [-0.4, -0.2) is 43.7 Å². The first-order valence-corrected chi connectivity index (χ1v) is 7.60. The highest BCUT2D eigenvalue weighted by Gasteiger charge is 2.26. The minimum Gasteiger partial charge on any atom is -0.369 e. The number of benzene rings is 1. The lowest BCUT2D eigenvalue weighted by Crippen LogP contribution is -2.54. The van der Waals surface area contributed by atoms with Crippen molar-refractivity contribution in [1.29, 1.82) is 0 Å². The highest BCUT2D eigenvalue weighted by molar-refractivity contribution is 5.46. The number of rotatable bonds is 5. The predicted octanol–water partition coefficient (Wildman–Crippen LogP) is 2.32. The third-order valence-corrected chi connectivity index (χ3v) is 4.52. The summed E-state index contributed by atoms with van der Waals surface area (Å²) in [7, 11) is 0. The van der Waals surface area contributed by atoms with E-state index in [9.17, 15) is 4.39 Å². The lowest BCUT2D eigenvalue weighted by atomic mass is 9.97. The Morgan fingerprint density at radius 3 is 2.25 bits per heavy atom. The fraction of sp³-hybridized carbons (Fsp3) is 0.625. The fourth-order valence-corrected chi connectivity index (χ4v) is 2.98. The standard InChI is InChI=1S/C16H26FN3/c1-3-13(2)16(12-18)20-10-8-19(9-11-20)15-6-4-14(17)5-7-15/h4-7,13,16H,3,8-12,18H2,1-2H3. The van der Waals surface area contributed by atoms with E-state index in [1.807, 2.05) is 12.1 Å². The number of anilines is 1. The molecule has 0 aliphatic carbocycles. The molecule has 1 saturated heterocycles. The molecule has 1 fully saturated rings. The van der Waals surface area contributed by atoms with Crippen LogP contribution in [0.2, 0.25) is 0 Å². The third kappa shape index (κ3) is 3.49. The number of nitrogens with zero attached hydrogens (tertiary/aromatic N) is 2. The van der Waals surface area contributed by atoms with Gasteiger partial charge in [0.15, 0.2) is 0 Å². The Bertz CT molecular complexity index is 399. The molecule has 2 N–H and O–H groups in total. The maximum atomic E-state index is 13.0. The van der Waals surface area contributed by atoms with Crippen molar-refractivity contribution >= 4 is 5.69 Å². The second kappa shape index (κ2) is 7.04. The zero-order valence-electron chi connectivity index (χ0n) is 12.6. The van der Waals surface area contributed by atoms with Crippen LogP contribution < -0.4 is 10.6 Å². The minimum atomic E-state index is -0.174. The Hall–Kier alpha value is -1.13. The van der Waals surface area contributed by atoms with Gasteiger partial charge < -0.3 is 10.6 Å². The highest BCUT2D eigenvalue weighted by atomic mass is 19.1. The zero-order valence-corrected chi connectivity index (χ0v) is 12.6. The molecule has 1 aromatic rings. The summed E-state index contributed by atoms with van der Waals surface area (Å²) in [6.45, 7) is 9.27. The molecule has 0 spiro atoms. The molecule has 0 amide bonds. The number of hydrogen-bond acceptors (Lipinski definition) is 3. The van der Waals surface area contributed by atoms with Crippen molar-refractivity contribution < 1.29 is 4.39 Å². The molecule has 0 radical (unpaired) electrons. The Morgan fingerprint density at radius 1 is 1.15 bits per heavy atom. The molecule has 2 atom stereocenters. The molecule has 1 aliphatic rings. The van der Waals surface area contributed by atoms with Crippen molar-refractivity contribution in [2.24, 2.45) is 11.7 Å². The van der Waals surface area contributed by atoms with Crippen LogP contribution in [0.3, 0.4) is 0 Å². The van der Waals surface area contributed by atoms with Gasteiger partial charge in [0.05, 0.1) is 0 Å². The van der Waals surface area contributed by atoms with Crippen LogP contribution in [0, 0.1) is 11.7 Å². The van der Waals surface area contributed by atoms with E-state index >= 15 is 0 Å². The normalized spacial score (nSPS) is 19.9. The molecule has 1 aromatic carbocycles. The van der Waals surface area contributed by atoms with E-state index in [2.05, 4.69) is 23.6 Å². The van der Waals surface area contributed by atoms with Crippen LogP contribution in [0.4, 0.5) is 10.1 Å². The monoisotopic (exact) mass is 279 g/mol. The van der Waals surface area contributed by atoms with Crippen molar-refractivity contribution in [3.05, 3.63) is 30.1 Å². The summed E-state index contributed by atoms with van der Waals surface area (Å²) in [5.41, 5.74) is 7.06. The molecule has 112 valence electrons. The van der Waals surface area contributed by atoms with Gasteiger partial charge in [-0.15, -0.1) is 0 Å². The summed E-state index contributed by atoms with van der Waals surface area (Å²) in [6.07, 6.45) is 1.17. The van der Waals surface area contributed by atoms with Gasteiger partial charge in [-0.3, -0.25) is 4.90 Å². The first kappa shape index (κ1) is 15.3. The average molecular weight is 279 g/mol. The van der Waals surface area contributed by atoms with E-state index < -0.39 is 0 Å². The van der Waals surface area contributed by atoms with Crippen molar-refractivity contribution in [1.82, 2.24) is 4.90 Å². The zero-order chi connectivity index (χ0) is 14.5.